The number of benzene rings is 1. The number of allylic oxidation sites excluding steroid dienone is 1. The molecular formula is C42H61FN2O5. The molecule has 5 saturated carbocycles. The molecule has 5 aliphatic carbocycles. The first-order valence-corrected chi connectivity index (χ1v) is 19.1. The number of carboxylic acid groups (broad SMARTS) is 1. The van der Waals surface area contributed by atoms with Gasteiger partial charge < -0.3 is 20.5 Å². The number of halogens is 1. The summed E-state index contributed by atoms with van der Waals surface area (Å²) in [7, 11) is 0. The molecule has 0 spiro atoms. The summed E-state index contributed by atoms with van der Waals surface area (Å²) in [5.74, 6) is 0.306. The van der Waals surface area contributed by atoms with Crippen LogP contribution in [-0.4, -0.2) is 34.7 Å². The second-order valence-electron chi connectivity index (χ2n) is 19.1. The van der Waals surface area contributed by atoms with Crippen LogP contribution in [0.15, 0.2) is 36.4 Å². The number of hydrogen-bond acceptors (Lipinski definition) is 4. The van der Waals surface area contributed by atoms with Crippen LogP contribution in [0.2, 0.25) is 0 Å². The zero-order valence-corrected chi connectivity index (χ0v) is 31.7. The van der Waals surface area contributed by atoms with Crippen LogP contribution in [0.25, 0.3) is 0 Å². The van der Waals surface area contributed by atoms with Crippen molar-refractivity contribution >= 4 is 23.7 Å². The van der Waals surface area contributed by atoms with E-state index < -0.39 is 17.4 Å². The van der Waals surface area contributed by atoms with Gasteiger partial charge in [0.05, 0.1) is 11.8 Å². The predicted octanol–water partition coefficient (Wildman–Crippen LogP) is 9.77. The SMILES string of the molecule is C=C(C)[C@@H]1CC[C@]2(NC(=O)Nc3ccc(F)cc3)CC[C@]3(C)[C@H](CC[C@@H]4[C@@]5(C)CC[C@H](OC(=O)CC(C)(C)C(=O)O)C(C)(C)[C@@H]5CC[C@]43C)[C@@H]12. The van der Waals surface area contributed by atoms with Crippen LogP contribution in [0.3, 0.4) is 0 Å². The van der Waals surface area contributed by atoms with Crippen LogP contribution < -0.4 is 10.6 Å². The van der Waals surface area contributed by atoms with Gasteiger partial charge >= 0.3 is 18.0 Å². The number of esters is 1. The molecule has 0 saturated heterocycles. The second kappa shape index (κ2) is 12.4. The van der Waals surface area contributed by atoms with Crippen molar-refractivity contribution in [2.75, 3.05) is 5.32 Å². The first-order chi connectivity index (χ1) is 23.2. The molecule has 50 heavy (non-hydrogen) atoms. The first kappa shape index (κ1) is 36.9. The smallest absolute Gasteiger partial charge is 0.319 e. The minimum absolute atomic E-state index is 0.0962. The molecule has 276 valence electrons. The van der Waals surface area contributed by atoms with E-state index >= 15 is 0 Å². The highest BCUT2D eigenvalue weighted by Gasteiger charge is 2.71. The molecule has 0 unspecified atom stereocenters. The van der Waals surface area contributed by atoms with Crippen molar-refractivity contribution in [3.8, 4) is 0 Å². The van der Waals surface area contributed by atoms with E-state index in [1.54, 1.807) is 26.0 Å². The third-order valence-electron chi connectivity index (χ3n) is 15.9. The minimum Gasteiger partial charge on any atom is -0.481 e. The fourth-order valence-corrected chi connectivity index (χ4v) is 13.1. The molecule has 1 aromatic carbocycles. The van der Waals surface area contributed by atoms with E-state index in [1.165, 1.54) is 17.7 Å². The van der Waals surface area contributed by atoms with Crippen molar-refractivity contribution in [2.24, 2.45) is 56.7 Å². The van der Waals surface area contributed by atoms with Gasteiger partial charge in [0.1, 0.15) is 11.9 Å². The third-order valence-corrected chi connectivity index (χ3v) is 15.9. The zero-order chi connectivity index (χ0) is 36.7. The van der Waals surface area contributed by atoms with E-state index in [1.807, 2.05) is 0 Å². The summed E-state index contributed by atoms with van der Waals surface area (Å²) in [5.41, 5.74) is 0.424. The van der Waals surface area contributed by atoms with Gasteiger partial charge in [0.2, 0.25) is 0 Å². The van der Waals surface area contributed by atoms with Crippen LogP contribution in [0.1, 0.15) is 126 Å². The molecule has 5 fully saturated rings. The molecule has 3 N–H and O–H groups in total. The molecular weight excluding hydrogens is 631 g/mol. The van der Waals surface area contributed by atoms with Crippen LogP contribution in [0.5, 0.6) is 0 Å². The van der Waals surface area contributed by atoms with Crippen LogP contribution in [0.4, 0.5) is 14.9 Å². The Kier molecular flexibility index (Phi) is 9.12. The average Bonchev–Trinajstić information content (AvgIpc) is 3.39. The molecule has 0 radical (unpaired) electrons. The van der Waals surface area contributed by atoms with Gasteiger partial charge in [-0.15, -0.1) is 0 Å². The lowest BCUT2D eigenvalue weighted by Crippen LogP contribution is -2.69. The molecule has 0 heterocycles. The van der Waals surface area contributed by atoms with Gasteiger partial charge in [0.25, 0.3) is 0 Å². The first-order valence-electron chi connectivity index (χ1n) is 19.1. The van der Waals surface area contributed by atoms with E-state index in [0.29, 0.717) is 35.3 Å². The lowest BCUT2D eigenvalue weighted by Gasteiger charge is -2.73. The molecule has 0 bridgehead atoms. The molecule has 0 aliphatic heterocycles. The summed E-state index contributed by atoms with van der Waals surface area (Å²) in [6.07, 6.45) is 9.86. The number of carboxylic acids is 1. The normalized spacial score (nSPS) is 40.3. The highest BCUT2D eigenvalue weighted by Crippen LogP contribution is 2.76. The molecule has 8 heteroatoms. The van der Waals surface area contributed by atoms with Gasteiger partial charge in [0.15, 0.2) is 0 Å². The number of carbonyl (C=O) groups excluding carboxylic acids is 2. The summed E-state index contributed by atoms with van der Waals surface area (Å²) >= 11 is 0. The fourth-order valence-electron chi connectivity index (χ4n) is 13.1. The van der Waals surface area contributed by atoms with Crippen LogP contribution >= 0.6 is 0 Å². The largest absolute Gasteiger partial charge is 0.481 e. The molecule has 6 rings (SSSR count). The minimum atomic E-state index is -1.16. The van der Waals surface area contributed by atoms with Crippen molar-refractivity contribution in [3.05, 3.63) is 42.2 Å². The molecule has 7 nitrogen and oxygen atoms in total. The van der Waals surface area contributed by atoms with Gasteiger partial charge in [-0.1, -0.05) is 46.8 Å². The Morgan fingerprint density at radius 2 is 1.58 bits per heavy atom. The summed E-state index contributed by atoms with van der Waals surface area (Å²) in [6.45, 7) is 22.1. The highest BCUT2D eigenvalue weighted by atomic mass is 19.1. The molecule has 10 atom stereocenters. The maximum absolute atomic E-state index is 13.6. The van der Waals surface area contributed by atoms with Crippen molar-refractivity contribution in [3.63, 3.8) is 0 Å². The number of hydrogen-bond donors (Lipinski definition) is 3. The number of urea groups is 1. The topological polar surface area (TPSA) is 105 Å². The van der Waals surface area contributed by atoms with Crippen molar-refractivity contribution in [2.45, 2.75) is 138 Å². The standard InChI is InChI=1S/C42H61FN2O5/c1-25(2)28-16-21-42(45-36(49)44-27-12-10-26(43)11-13-27)23-22-40(8)29(34(28)42)14-15-31-39(7)19-18-32(50-33(46)24-37(3,4)35(47)48)38(5,6)30(39)17-20-41(31,40)9/h10-13,28-32,34H,1,14-24H2,2-9H3,(H,47,48)(H2,44,45,49)/t28-,29+,30-,31+,32-,34+,39-,40+,41+,42-/m0/s1. The van der Waals surface area contributed by atoms with E-state index in [9.17, 15) is 23.9 Å². The Morgan fingerprint density at radius 1 is 0.900 bits per heavy atom. The summed E-state index contributed by atoms with van der Waals surface area (Å²) < 4.78 is 19.7. The number of ether oxygens (including phenoxy) is 1. The Labute approximate surface area is 299 Å². The van der Waals surface area contributed by atoms with E-state index in [-0.39, 0.29) is 51.6 Å². The summed E-state index contributed by atoms with van der Waals surface area (Å²) in [5, 5.41) is 16.1. The number of amides is 2. The average molecular weight is 693 g/mol. The monoisotopic (exact) mass is 692 g/mol. The number of fused-ring (bicyclic) bond motifs is 7. The van der Waals surface area contributed by atoms with Gasteiger partial charge in [-0.25, -0.2) is 9.18 Å². The molecule has 5 aliphatic rings. The Balaban J connectivity index is 1.24. The number of nitrogens with one attached hydrogen (secondary N) is 2. The van der Waals surface area contributed by atoms with E-state index in [4.69, 9.17) is 4.74 Å². The van der Waals surface area contributed by atoms with Crippen LogP contribution in [-0.2, 0) is 14.3 Å². The van der Waals surface area contributed by atoms with Crippen molar-refractivity contribution in [1.29, 1.82) is 0 Å². The summed E-state index contributed by atoms with van der Waals surface area (Å²) in [6, 6.07) is 5.73. The maximum Gasteiger partial charge on any atom is 0.319 e. The Bertz CT molecular complexity index is 1540. The number of anilines is 1. The zero-order valence-electron chi connectivity index (χ0n) is 31.7. The third kappa shape index (κ3) is 5.70. The molecule has 0 aromatic heterocycles. The van der Waals surface area contributed by atoms with E-state index in [0.717, 1.165) is 64.2 Å². The number of carbonyl (C=O) groups is 3. The predicted molar refractivity (Wildman–Crippen MR) is 194 cm³/mol. The quantitative estimate of drug-likeness (QED) is 0.195. The maximum atomic E-state index is 13.6. The van der Waals surface area contributed by atoms with E-state index in [2.05, 4.69) is 58.8 Å². The molecule has 2 amide bonds. The lowest BCUT2D eigenvalue weighted by atomic mass is 9.32. The lowest BCUT2D eigenvalue weighted by molar-refractivity contribution is -0.246. The Hall–Kier alpha value is -2.90. The molecule has 1 aromatic rings. The second-order valence-corrected chi connectivity index (χ2v) is 19.1. The fraction of sp³-hybridized carbons (Fsp3) is 0.738. The van der Waals surface area contributed by atoms with Crippen molar-refractivity contribution < 1.29 is 28.6 Å². The summed E-state index contributed by atoms with van der Waals surface area (Å²) in [4.78, 5) is 38.3. The van der Waals surface area contributed by atoms with Gasteiger partial charge in [0, 0.05) is 16.6 Å². The van der Waals surface area contributed by atoms with Gasteiger partial charge in [-0.05, 0) is 155 Å². The van der Waals surface area contributed by atoms with Crippen molar-refractivity contribution in [1.82, 2.24) is 5.32 Å². The Morgan fingerprint density at radius 3 is 2.22 bits per heavy atom. The highest BCUT2D eigenvalue weighted by molar-refractivity contribution is 5.89. The number of aliphatic carboxylic acids is 1. The van der Waals surface area contributed by atoms with Gasteiger partial charge in [-0.3, -0.25) is 9.59 Å². The van der Waals surface area contributed by atoms with Crippen LogP contribution in [0, 0.1) is 62.5 Å². The number of rotatable bonds is 7. The van der Waals surface area contributed by atoms with Gasteiger partial charge in [-0.2, -0.15) is 0 Å².